The monoisotopic (exact) mass is 534 g/mol. The van der Waals surface area contributed by atoms with Crippen molar-refractivity contribution in [1.82, 2.24) is 4.90 Å². The van der Waals surface area contributed by atoms with Crippen LogP contribution < -0.4 is 9.50 Å². The number of benzene rings is 3. The van der Waals surface area contributed by atoms with Crippen LogP contribution in [0.2, 0.25) is 0 Å². The van der Waals surface area contributed by atoms with Gasteiger partial charge in [-0.15, -0.1) is 0 Å². The molecule has 3 aromatic carbocycles. The molecular formula is C27H29F3N2O4S. The number of amides is 2. The fraction of sp³-hybridized carbons (Fsp3) is 0.296. The molecule has 6 nitrogen and oxygen atoms in total. The summed E-state index contributed by atoms with van der Waals surface area (Å²) in [5.41, 5.74) is 1.21. The van der Waals surface area contributed by atoms with E-state index in [1.54, 1.807) is 17.0 Å². The van der Waals surface area contributed by atoms with Crippen molar-refractivity contribution in [2.75, 3.05) is 5.32 Å². The zero-order valence-corrected chi connectivity index (χ0v) is 21.6. The van der Waals surface area contributed by atoms with Crippen molar-refractivity contribution in [2.24, 2.45) is 0 Å². The minimum absolute atomic E-state index is 0.0734. The summed E-state index contributed by atoms with van der Waals surface area (Å²) in [6.45, 7) is 6.02. The zero-order chi connectivity index (χ0) is 27.2. The van der Waals surface area contributed by atoms with Crippen LogP contribution in [-0.2, 0) is 29.3 Å². The van der Waals surface area contributed by atoms with Gasteiger partial charge in [-0.25, -0.2) is 4.79 Å². The standard InChI is InChI=1S/C27H29F3N2O4S/c1-4-19(3)32(26(33)31-25-15-7-6-11-21(25)5-2)18-20-10-8-13-23(16-20)36-37(34,35)24-14-9-12-22(17-24)27(28,29)30/h6-17,19H,4-5,18H2,1-3H3,(H,31,33). The fourth-order valence-electron chi connectivity index (χ4n) is 3.68. The van der Waals surface area contributed by atoms with E-state index < -0.39 is 26.8 Å². The van der Waals surface area contributed by atoms with E-state index in [1.807, 2.05) is 45.0 Å². The number of anilines is 1. The highest BCUT2D eigenvalue weighted by Gasteiger charge is 2.32. The lowest BCUT2D eigenvalue weighted by atomic mass is 10.1. The number of nitrogens with zero attached hydrogens (tertiary/aromatic N) is 1. The molecule has 2 amide bonds. The molecule has 0 saturated heterocycles. The first-order valence-electron chi connectivity index (χ1n) is 11.8. The number of rotatable bonds is 9. The number of carbonyl (C=O) groups excluding carboxylic acids is 1. The Morgan fingerprint density at radius 2 is 1.70 bits per heavy atom. The van der Waals surface area contributed by atoms with Crippen LogP contribution in [0.3, 0.4) is 0 Å². The average Bonchev–Trinajstić information content (AvgIpc) is 2.86. The molecule has 0 radical (unpaired) electrons. The molecule has 1 N–H and O–H groups in total. The Labute approximate surface area is 215 Å². The summed E-state index contributed by atoms with van der Waals surface area (Å²) in [6, 6.07) is 16.6. The van der Waals surface area contributed by atoms with E-state index in [9.17, 15) is 26.4 Å². The lowest BCUT2D eigenvalue weighted by Gasteiger charge is -2.29. The van der Waals surface area contributed by atoms with Crippen LogP contribution in [0, 0.1) is 0 Å². The molecule has 0 heterocycles. The maximum absolute atomic E-state index is 13.2. The smallest absolute Gasteiger partial charge is 0.379 e. The van der Waals surface area contributed by atoms with Crippen molar-refractivity contribution >= 4 is 21.8 Å². The Kier molecular flexibility index (Phi) is 8.85. The molecule has 1 atom stereocenters. The molecule has 0 fully saturated rings. The molecule has 0 saturated carbocycles. The van der Waals surface area contributed by atoms with Crippen LogP contribution in [0.1, 0.15) is 43.9 Å². The van der Waals surface area contributed by atoms with Gasteiger partial charge in [0.2, 0.25) is 0 Å². The number of urea groups is 1. The number of halogens is 3. The lowest BCUT2D eigenvalue weighted by Crippen LogP contribution is -2.40. The lowest BCUT2D eigenvalue weighted by molar-refractivity contribution is -0.137. The molecule has 0 bridgehead atoms. The minimum atomic E-state index is -4.69. The highest BCUT2D eigenvalue weighted by atomic mass is 32.2. The molecule has 3 rings (SSSR count). The van der Waals surface area contributed by atoms with Gasteiger partial charge < -0.3 is 14.4 Å². The van der Waals surface area contributed by atoms with Gasteiger partial charge in [0.15, 0.2) is 0 Å². The number of hydrogen-bond donors (Lipinski definition) is 1. The molecular weight excluding hydrogens is 505 g/mol. The summed E-state index contributed by atoms with van der Waals surface area (Å²) in [4.78, 5) is 14.2. The summed E-state index contributed by atoms with van der Waals surface area (Å²) in [6.07, 6.45) is -3.26. The van der Waals surface area contributed by atoms with Gasteiger partial charge in [-0.3, -0.25) is 0 Å². The van der Waals surface area contributed by atoms with Gasteiger partial charge in [-0.05, 0) is 67.3 Å². The van der Waals surface area contributed by atoms with Crippen molar-refractivity contribution in [3.05, 3.63) is 89.5 Å². The normalized spacial score (nSPS) is 12.6. The summed E-state index contributed by atoms with van der Waals surface area (Å²) in [5.74, 6) is -0.0734. The minimum Gasteiger partial charge on any atom is -0.379 e. The second-order valence-corrected chi connectivity index (χ2v) is 10.1. The van der Waals surface area contributed by atoms with Crippen molar-refractivity contribution in [1.29, 1.82) is 0 Å². The van der Waals surface area contributed by atoms with Crippen molar-refractivity contribution in [3.8, 4) is 5.75 Å². The first-order valence-corrected chi connectivity index (χ1v) is 13.2. The summed E-state index contributed by atoms with van der Waals surface area (Å²) >= 11 is 0. The van der Waals surface area contributed by atoms with E-state index in [0.29, 0.717) is 23.7 Å². The topological polar surface area (TPSA) is 75.7 Å². The fourth-order valence-corrected chi connectivity index (χ4v) is 4.65. The van der Waals surface area contributed by atoms with E-state index >= 15 is 0 Å². The van der Waals surface area contributed by atoms with E-state index in [2.05, 4.69) is 5.32 Å². The Morgan fingerprint density at radius 3 is 2.38 bits per heavy atom. The Hall–Kier alpha value is -3.53. The second kappa shape index (κ2) is 11.7. The largest absolute Gasteiger partial charge is 0.416 e. The van der Waals surface area contributed by atoms with Gasteiger partial charge in [0, 0.05) is 18.3 Å². The van der Waals surface area contributed by atoms with Crippen LogP contribution in [-0.4, -0.2) is 25.4 Å². The number of hydrogen-bond acceptors (Lipinski definition) is 4. The Bertz CT molecular complexity index is 1340. The Balaban J connectivity index is 1.81. The number of nitrogens with one attached hydrogen (secondary N) is 1. The summed E-state index contributed by atoms with van der Waals surface area (Å²) in [5, 5.41) is 2.96. The van der Waals surface area contributed by atoms with E-state index in [4.69, 9.17) is 4.18 Å². The van der Waals surface area contributed by atoms with Gasteiger partial charge in [-0.1, -0.05) is 50.2 Å². The number of para-hydroxylation sites is 1. The van der Waals surface area contributed by atoms with Gasteiger partial charge in [0.25, 0.3) is 0 Å². The molecule has 0 aromatic heterocycles. The van der Waals surface area contributed by atoms with E-state index in [0.717, 1.165) is 30.2 Å². The zero-order valence-electron chi connectivity index (χ0n) is 20.7. The molecule has 0 aliphatic heterocycles. The van der Waals surface area contributed by atoms with Crippen LogP contribution in [0.5, 0.6) is 5.75 Å². The first kappa shape index (κ1) is 28.0. The van der Waals surface area contributed by atoms with Gasteiger partial charge in [0.05, 0.1) is 5.56 Å². The van der Waals surface area contributed by atoms with Crippen LogP contribution in [0.15, 0.2) is 77.7 Å². The molecule has 3 aromatic rings. The van der Waals surface area contributed by atoms with E-state index in [1.165, 1.54) is 12.1 Å². The number of alkyl halides is 3. The molecule has 1 unspecified atom stereocenters. The average molecular weight is 535 g/mol. The SMILES string of the molecule is CCc1ccccc1NC(=O)N(Cc1cccc(OS(=O)(=O)c2cccc(C(F)(F)F)c2)c1)C(C)CC. The quantitative estimate of drug-likeness (QED) is 0.304. The highest BCUT2D eigenvalue weighted by molar-refractivity contribution is 7.87. The predicted molar refractivity (Wildman–Crippen MR) is 136 cm³/mol. The number of carbonyl (C=O) groups is 1. The van der Waals surface area contributed by atoms with Crippen molar-refractivity contribution in [3.63, 3.8) is 0 Å². The Morgan fingerprint density at radius 1 is 1.00 bits per heavy atom. The third kappa shape index (κ3) is 7.25. The summed E-state index contributed by atoms with van der Waals surface area (Å²) < 4.78 is 69.6. The van der Waals surface area contributed by atoms with Crippen LogP contribution in [0.25, 0.3) is 0 Å². The first-order chi connectivity index (χ1) is 17.4. The van der Waals surface area contributed by atoms with Crippen molar-refractivity contribution < 1.29 is 30.6 Å². The van der Waals surface area contributed by atoms with Crippen LogP contribution in [0.4, 0.5) is 23.7 Å². The molecule has 10 heteroatoms. The maximum Gasteiger partial charge on any atom is 0.416 e. The molecule has 0 aliphatic carbocycles. The molecule has 37 heavy (non-hydrogen) atoms. The molecule has 0 spiro atoms. The predicted octanol–water partition coefficient (Wildman–Crippen LogP) is 6.87. The van der Waals surface area contributed by atoms with Crippen molar-refractivity contribution in [2.45, 2.75) is 57.3 Å². The summed E-state index contributed by atoms with van der Waals surface area (Å²) in [7, 11) is -4.52. The van der Waals surface area contributed by atoms with Gasteiger partial charge in [0.1, 0.15) is 10.6 Å². The maximum atomic E-state index is 13.2. The third-order valence-corrected chi connectivity index (χ3v) is 7.17. The molecule has 198 valence electrons. The van der Waals surface area contributed by atoms with Gasteiger partial charge >= 0.3 is 22.3 Å². The number of aryl methyl sites for hydroxylation is 1. The third-order valence-electron chi connectivity index (χ3n) is 5.93. The molecule has 0 aliphatic rings. The highest BCUT2D eigenvalue weighted by Crippen LogP contribution is 2.31. The van der Waals surface area contributed by atoms with Gasteiger partial charge in [-0.2, -0.15) is 21.6 Å². The second-order valence-electron chi connectivity index (χ2n) is 8.54. The van der Waals surface area contributed by atoms with Crippen LogP contribution >= 0.6 is 0 Å². The van der Waals surface area contributed by atoms with E-state index in [-0.39, 0.29) is 24.4 Å².